The zero-order valence-corrected chi connectivity index (χ0v) is 16.8. The Kier molecular flexibility index (Phi) is 11.5. The van der Waals surface area contributed by atoms with Crippen LogP contribution in [0.25, 0.3) is 0 Å². The average Bonchev–Trinajstić information content (AvgIpc) is 2.63. The normalized spacial score (nSPS) is 15.1. The van der Waals surface area contributed by atoms with Gasteiger partial charge in [-0.1, -0.05) is 63.3 Å². The van der Waals surface area contributed by atoms with Gasteiger partial charge in [0.15, 0.2) is 0 Å². The largest absolute Gasteiger partial charge is 0.435 e. The Balaban J connectivity index is 2.38. The van der Waals surface area contributed by atoms with Crippen molar-refractivity contribution in [1.29, 1.82) is 0 Å². The predicted molar refractivity (Wildman–Crippen MR) is 107 cm³/mol. The van der Waals surface area contributed by atoms with Gasteiger partial charge in [-0.15, -0.1) is 0 Å². The number of aliphatic hydroxyl groups is 1. The number of hydrogen-bond acceptors (Lipinski definition) is 4. The van der Waals surface area contributed by atoms with Crippen LogP contribution < -0.4 is 5.73 Å². The molecule has 0 aliphatic rings. The number of rotatable bonds is 14. The lowest BCUT2D eigenvalue weighted by Crippen LogP contribution is -2.42. The summed E-state index contributed by atoms with van der Waals surface area (Å²) in [6.45, 7) is 1.98. The van der Waals surface area contributed by atoms with Crippen LogP contribution in [0.4, 0.5) is 0 Å². The monoisotopic (exact) mass is 383 g/mol. The molecule has 0 aromatic heterocycles. The molecule has 5 nitrogen and oxygen atoms in total. The number of unbranched alkanes of at least 4 members (excludes halogenated alkanes) is 5. The molecule has 1 aromatic carbocycles. The SMILES string of the molecule is CCCCCCCCc1ccc(CC[C@](N)(/C=C/O[PH](=O)O)CO)cc1. The minimum Gasteiger partial charge on any atom is -0.435 e. The molecule has 0 bridgehead atoms. The van der Waals surface area contributed by atoms with Crippen molar-refractivity contribution in [2.75, 3.05) is 6.61 Å². The third-order valence-corrected chi connectivity index (χ3v) is 4.92. The Hall–Kier alpha value is -1.13. The summed E-state index contributed by atoms with van der Waals surface area (Å²) in [5.41, 5.74) is 7.63. The predicted octanol–water partition coefficient (Wildman–Crippen LogP) is 4.12. The topological polar surface area (TPSA) is 92.8 Å². The molecule has 6 heteroatoms. The zero-order chi connectivity index (χ0) is 19.3. The van der Waals surface area contributed by atoms with E-state index in [4.69, 9.17) is 10.6 Å². The standard InChI is InChI=1S/C20H34NO4P/c1-2-3-4-5-6-7-8-18-9-11-19(12-10-18)13-14-20(21,17-22)15-16-25-26(23)24/h9-12,15-16,22,26H,2-8,13-14,17,21H2,1H3,(H,23,24)/b16-15+/t20-/m0/s1. The molecular formula is C20H34NO4P. The molecule has 1 rings (SSSR count). The molecule has 1 unspecified atom stereocenters. The quantitative estimate of drug-likeness (QED) is 0.255. The summed E-state index contributed by atoms with van der Waals surface area (Å²) in [5.74, 6) is 0. The summed E-state index contributed by atoms with van der Waals surface area (Å²) >= 11 is 0. The van der Waals surface area contributed by atoms with E-state index in [1.165, 1.54) is 50.2 Å². The van der Waals surface area contributed by atoms with Crippen LogP contribution in [0.1, 0.15) is 63.0 Å². The molecular weight excluding hydrogens is 349 g/mol. The highest BCUT2D eigenvalue weighted by molar-refractivity contribution is 7.32. The Labute approximate surface area is 158 Å². The summed E-state index contributed by atoms with van der Waals surface area (Å²) < 4.78 is 15.0. The van der Waals surface area contributed by atoms with Gasteiger partial charge >= 0.3 is 8.25 Å². The van der Waals surface area contributed by atoms with Gasteiger partial charge in [0, 0.05) is 0 Å². The first-order valence-corrected chi connectivity index (χ1v) is 10.8. The second kappa shape index (κ2) is 13.1. The van der Waals surface area contributed by atoms with Gasteiger partial charge in [0.1, 0.15) is 0 Å². The van der Waals surface area contributed by atoms with Crippen molar-refractivity contribution in [3.05, 3.63) is 47.7 Å². The van der Waals surface area contributed by atoms with Gasteiger partial charge in [-0.2, -0.15) is 0 Å². The molecule has 0 aliphatic heterocycles. The Morgan fingerprint density at radius 1 is 1.08 bits per heavy atom. The lowest BCUT2D eigenvalue weighted by Gasteiger charge is -2.23. The van der Waals surface area contributed by atoms with Crippen molar-refractivity contribution in [1.82, 2.24) is 0 Å². The fraction of sp³-hybridized carbons (Fsp3) is 0.600. The van der Waals surface area contributed by atoms with Gasteiger partial charge in [0.25, 0.3) is 0 Å². The van der Waals surface area contributed by atoms with Gasteiger partial charge in [-0.3, -0.25) is 0 Å². The second-order valence-corrected chi connectivity index (χ2v) is 7.68. The molecule has 0 heterocycles. The average molecular weight is 383 g/mol. The fourth-order valence-corrected chi connectivity index (χ4v) is 2.99. The van der Waals surface area contributed by atoms with Crippen molar-refractivity contribution >= 4 is 8.25 Å². The molecule has 0 amide bonds. The van der Waals surface area contributed by atoms with Crippen molar-refractivity contribution < 1.29 is 19.1 Å². The van der Waals surface area contributed by atoms with Crippen LogP contribution in [-0.2, 0) is 21.9 Å². The van der Waals surface area contributed by atoms with Gasteiger partial charge in [0.2, 0.25) is 0 Å². The number of nitrogens with two attached hydrogens (primary N) is 1. The van der Waals surface area contributed by atoms with E-state index in [1.54, 1.807) is 0 Å². The van der Waals surface area contributed by atoms with Crippen molar-refractivity contribution in [2.24, 2.45) is 5.73 Å². The first-order valence-electron chi connectivity index (χ1n) is 9.54. The first-order chi connectivity index (χ1) is 12.5. The van der Waals surface area contributed by atoms with E-state index in [1.807, 2.05) is 0 Å². The fourth-order valence-electron chi connectivity index (χ4n) is 2.80. The lowest BCUT2D eigenvalue weighted by molar-refractivity contribution is 0.217. The summed E-state index contributed by atoms with van der Waals surface area (Å²) in [5, 5.41) is 9.48. The lowest BCUT2D eigenvalue weighted by atomic mass is 9.92. The highest BCUT2D eigenvalue weighted by Gasteiger charge is 2.20. The van der Waals surface area contributed by atoms with E-state index in [9.17, 15) is 9.67 Å². The van der Waals surface area contributed by atoms with Gasteiger partial charge in [0.05, 0.1) is 18.4 Å². The molecule has 26 heavy (non-hydrogen) atoms. The van der Waals surface area contributed by atoms with Crippen LogP contribution in [-0.4, -0.2) is 22.1 Å². The summed E-state index contributed by atoms with van der Waals surface area (Å²) in [6, 6.07) is 8.54. The van der Waals surface area contributed by atoms with Crippen molar-refractivity contribution in [3.8, 4) is 0 Å². The Bertz CT molecular complexity index is 547. The maximum Gasteiger partial charge on any atom is 0.364 e. The molecule has 0 aliphatic carbocycles. The van der Waals surface area contributed by atoms with E-state index in [2.05, 4.69) is 35.7 Å². The van der Waals surface area contributed by atoms with E-state index < -0.39 is 13.8 Å². The maximum atomic E-state index is 10.5. The molecule has 0 fully saturated rings. The number of aliphatic hydroxyl groups excluding tert-OH is 1. The molecule has 1 aromatic rings. The van der Waals surface area contributed by atoms with Crippen LogP contribution in [0.5, 0.6) is 0 Å². The van der Waals surface area contributed by atoms with E-state index in [0.29, 0.717) is 12.8 Å². The Morgan fingerprint density at radius 2 is 1.65 bits per heavy atom. The van der Waals surface area contributed by atoms with Crippen LogP contribution in [0.15, 0.2) is 36.6 Å². The number of aryl methyl sites for hydroxylation is 2. The molecule has 0 spiro atoms. The van der Waals surface area contributed by atoms with Gasteiger partial charge in [-0.05, 0) is 42.9 Å². The highest BCUT2D eigenvalue weighted by atomic mass is 31.1. The van der Waals surface area contributed by atoms with Gasteiger partial charge in [-0.25, -0.2) is 4.57 Å². The summed E-state index contributed by atoms with van der Waals surface area (Å²) in [6.07, 6.45) is 12.7. The summed E-state index contributed by atoms with van der Waals surface area (Å²) in [4.78, 5) is 8.64. The van der Waals surface area contributed by atoms with Crippen molar-refractivity contribution in [2.45, 2.75) is 70.3 Å². The van der Waals surface area contributed by atoms with Crippen molar-refractivity contribution in [3.63, 3.8) is 0 Å². The maximum absolute atomic E-state index is 10.5. The molecule has 4 N–H and O–H groups in total. The van der Waals surface area contributed by atoms with Crippen LogP contribution >= 0.6 is 8.25 Å². The number of benzene rings is 1. The van der Waals surface area contributed by atoms with E-state index in [-0.39, 0.29) is 6.61 Å². The smallest absolute Gasteiger partial charge is 0.364 e. The third kappa shape index (κ3) is 10.1. The van der Waals surface area contributed by atoms with Crippen LogP contribution in [0.2, 0.25) is 0 Å². The van der Waals surface area contributed by atoms with E-state index in [0.717, 1.165) is 18.2 Å². The highest BCUT2D eigenvalue weighted by Crippen LogP contribution is 2.19. The number of hydrogen-bond donors (Lipinski definition) is 3. The molecule has 148 valence electrons. The zero-order valence-electron chi connectivity index (χ0n) is 15.8. The van der Waals surface area contributed by atoms with Crippen LogP contribution in [0, 0.1) is 0 Å². The van der Waals surface area contributed by atoms with Crippen LogP contribution in [0.3, 0.4) is 0 Å². The molecule has 2 atom stereocenters. The summed E-state index contributed by atoms with van der Waals surface area (Å²) in [7, 11) is -3.02. The molecule has 0 saturated carbocycles. The van der Waals surface area contributed by atoms with Gasteiger partial charge < -0.3 is 20.3 Å². The molecule has 0 saturated heterocycles. The minimum absolute atomic E-state index is 0.255. The first kappa shape index (κ1) is 22.9. The van der Waals surface area contributed by atoms with E-state index >= 15 is 0 Å². The minimum atomic E-state index is -3.02. The Morgan fingerprint density at radius 3 is 2.23 bits per heavy atom. The second-order valence-electron chi connectivity index (χ2n) is 6.91. The molecule has 0 radical (unpaired) electrons. The third-order valence-electron chi connectivity index (χ3n) is 4.58.